The summed E-state index contributed by atoms with van der Waals surface area (Å²) in [6.07, 6.45) is 5.39. The molecule has 0 atom stereocenters. The number of esters is 1. The van der Waals surface area contributed by atoms with E-state index >= 15 is 0 Å². The van der Waals surface area contributed by atoms with Gasteiger partial charge in [0.05, 0.1) is 6.61 Å². The molecule has 1 aromatic carbocycles. The number of anilines is 1. The van der Waals surface area contributed by atoms with E-state index in [0.29, 0.717) is 6.61 Å². The maximum atomic E-state index is 11.5. The summed E-state index contributed by atoms with van der Waals surface area (Å²) in [6, 6.07) is 7.97. The molecule has 0 aromatic heterocycles. The Morgan fingerprint density at radius 1 is 1.41 bits per heavy atom. The predicted octanol–water partition coefficient (Wildman–Crippen LogP) is 2.60. The van der Waals surface area contributed by atoms with E-state index < -0.39 is 0 Å². The van der Waals surface area contributed by atoms with Crippen molar-refractivity contribution in [3.63, 3.8) is 0 Å². The van der Waals surface area contributed by atoms with Gasteiger partial charge in [-0.25, -0.2) is 4.79 Å². The molecule has 3 nitrogen and oxygen atoms in total. The normalized spacial score (nSPS) is 15.9. The van der Waals surface area contributed by atoms with Crippen LogP contribution in [-0.2, 0) is 9.53 Å². The van der Waals surface area contributed by atoms with Crippen molar-refractivity contribution in [2.75, 3.05) is 18.6 Å². The molecule has 1 aromatic rings. The third kappa shape index (κ3) is 2.38. The number of fused-ring (bicyclic) bond motifs is 1. The molecular weight excluding hydrogens is 214 g/mol. The Morgan fingerprint density at radius 3 is 2.94 bits per heavy atom. The molecule has 1 heterocycles. The van der Waals surface area contributed by atoms with E-state index in [9.17, 15) is 4.79 Å². The highest BCUT2D eigenvalue weighted by Gasteiger charge is 2.13. The van der Waals surface area contributed by atoms with Gasteiger partial charge in [-0.05, 0) is 24.6 Å². The molecule has 0 radical (unpaired) electrons. The van der Waals surface area contributed by atoms with Gasteiger partial charge in [0.15, 0.2) is 0 Å². The molecule has 0 aliphatic carbocycles. The Hall–Kier alpha value is -2.03. The van der Waals surface area contributed by atoms with E-state index in [1.54, 1.807) is 6.92 Å². The van der Waals surface area contributed by atoms with Crippen molar-refractivity contribution in [3.05, 3.63) is 48.2 Å². The van der Waals surface area contributed by atoms with Crippen LogP contribution in [-0.4, -0.2) is 19.6 Å². The molecule has 0 amide bonds. The number of rotatable bonds is 2. The molecule has 0 N–H and O–H groups in total. The van der Waals surface area contributed by atoms with E-state index in [2.05, 4.69) is 0 Å². The van der Waals surface area contributed by atoms with Crippen LogP contribution >= 0.6 is 0 Å². The fraction of sp³-hybridized carbons (Fsp3) is 0.214. The van der Waals surface area contributed by atoms with Crippen LogP contribution in [0.2, 0.25) is 0 Å². The summed E-state index contributed by atoms with van der Waals surface area (Å²) in [7, 11) is 1.98. The minimum absolute atomic E-state index is 0.300. The molecule has 1 aliphatic rings. The van der Waals surface area contributed by atoms with Crippen LogP contribution < -0.4 is 4.90 Å². The number of carbonyl (C=O) groups is 1. The predicted molar refractivity (Wildman–Crippen MR) is 68.6 cm³/mol. The first-order valence-corrected chi connectivity index (χ1v) is 5.61. The summed E-state index contributed by atoms with van der Waals surface area (Å²) in [4.78, 5) is 13.5. The van der Waals surface area contributed by atoms with Gasteiger partial charge in [0.25, 0.3) is 0 Å². The lowest BCUT2D eigenvalue weighted by Crippen LogP contribution is -2.14. The van der Waals surface area contributed by atoms with E-state index in [1.165, 1.54) is 6.08 Å². The van der Waals surface area contributed by atoms with E-state index in [4.69, 9.17) is 4.74 Å². The number of hydrogen-bond donors (Lipinski definition) is 0. The van der Waals surface area contributed by atoms with Crippen molar-refractivity contribution in [2.24, 2.45) is 0 Å². The second kappa shape index (κ2) is 4.87. The van der Waals surface area contributed by atoms with Gasteiger partial charge in [-0.3, -0.25) is 0 Å². The molecule has 0 fully saturated rings. The number of benzene rings is 1. The van der Waals surface area contributed by atoms with Crippen LogP contribution in [0.4, 0.5) is 5.69 Å². The van der Waals surface area contributed by atoms with Gasteiger partial charge in [0, 0.05) is 30.6 Å². The van der Waals surface area contributed by atoms with Crippen LogP contribution in [0.1, 0.15) is 12.5 Å². The third-order valence-corrected chi connectivity index (χ3v) is 2.63. The van der Waals surface area contributed by atoms with Crippen molar-refractivity contribution in [1.82, 2.24) is 0 Å². The van der Waals surface area contributed by atoms with Crippen molar-refractivity contribution in [2.45, 2.75) is 6.92 Å². The monoisotopic (exact) mass is 229 g/mol. The van der Waals surface area contributed by atoms with Gasteiger partial charge in [0.1, 0.15) is 0 Å². The molecular formula is C14H15NO2. The summed E-state index contributed by atoms with van der Waals surface area (Å²) in [5.74, 6) is -0.300. The summed E-state index contributed by atoms with van der Waals surface area (Å²) < 4.78 is 4.92. The molecule has 17 heavy (non-hydrogen) atoms. The number of ether oxygens (including phenoxy) is 1. The van der Waals surface area contributed by atoms with Crippen molar-refractivity contribution in [3.8, 4) is 0 Å². The number of para-hydroxylation sites is 1. The van der Waals surface area contributed by atoms with Crippen LogP contribution in [0.3, 0.4) is 0 Å². The SMILES string of the molecule is CCOC(=O)/C=C1/C=CN(C)c2ccccc21. The number of hydrogen-bond acceptors (Lipinski definition) is 3. The van der Waals surface area contributed by atoms with Crippen LogP contribution in [0.25, 0.3) is 5.57 Å². The van der Waals surface area contributed by atoms with Crippen molar-refractivity contribution in [1.29, 1.82) is 0 Å². The molecule has 0 saturated carbocycles. The largest absolute Gasteiger partial charge is 0.463 e. The lowest BCUT2D eigenvalue weighted by molar-refractivity contribution is -0.137. The molecule has 0 spiro atoms. The average Bonchev–Trinajstić information content (AvgIpc) is 2.34. The highest BCUT2D eigenvalue weighted by atomic mass is 16.5. The molecule has 3 heteroatoms. The van der Waals surface area contributed by atoms with Gasteiger partial charge < -0.3 is 9.64 Å². The quantitative estimate of drug-likeness (QED) is 0.576. The smallest absolute Gasteiger partial charge is 0.331 e. The lowest BCUT2D eigenvalue weighted by Gasteiger charge is -2.23. The summed E-state index contributed by atoms with van der Waals surface area (Å²) in [5, 5.41) is 0. The topological polar surface area (TPSA) is 29.5 Å². The maximum absolute atomic E-state index is 11.5. The molecule has 0 saturated heterocycles. The number of carbonyl (C=O) groups excluding carboxylic acids is 1. The Morgan fingerprint density at radius 2 is 2.18 bits per heavy atom. The standard InChI is InChI=1S/C14H15NO2/c1-3-17-14(16)10-11-8-9-15(2)13-7-5-4-6-12(11)13/h4-10H,3H2,1-2H3/b11-10-. The van der Waals surface area contributed by atoms with E-state index in [0.717, 1.165) is 16.8 Å². The first-order chi connectivity index (χ1) is 8.22. The number of allylic oxidation sites excluding steroid dienone is 2. The first-order valence-electron chi connectivity index (χ1n) is 5.61. The fourth-order valence-corrected chi connectivity index (χ4v) is 1.82. The Bertz CT molecular complexity index is 489. The summed E-state index contributed by atoms with van der Waals surface area (Å²) >= 11 is 0. The second-order valence-electron chi connectivity index (χ2n) is 3.80. The minimum Gasteiger partial charge on any atom is -0.463 e. The van der Waals surface area contributed by atoms with Crippen LogP contribution in [0.15, 0.2) is 42.6 Å². The average molecular weight is 229 g/mol. The molecule has 2 rings (SSSR count). The number of nitrogens with zero attached hydrogens (tertiary/aromatic N) is 1. The molecule has 0 bridgehead atoms. The fourth-order valence-electron chi connectivity index (χ4n) is 1.82. The van der Waals surface area contributed by atoms with Gasteiger partial charge in [0.2, 0.25) is 0 Å². The van der Waals surface area contributed by atoms with E-state index in [1.807, 2.05) is 48.5 Å². The zero-order chi connectivity index (χ0) is 12.3. The minimum atomic E-state index is -0.300. The highest BCUT2D eigenvalue weighted by molar-refractivity contribution is 5.97. The van der Waals surface area contributed by atoms with Gasteiger partial charge >= 0.3 is 5.97 Å². The van der Waals surface area contributed by atoms with Gasteiger partial charge in [-0.15, -0.1) is 0 Å². The van der Waals surface area contributed by atoms with Gasteiger partial charge in [-0.2, -0.15) is 0 Å². The molecule has 88 valence electrons. The first kappa shape index (κ1) is 11.5. The highest BCUT2D eigenvalue weighted by Crippen LogP contribution is 2.31. The summed E-state index contributed by atoms with van der Waals surface area (Å²) in [5.41, 5.74) is 3.02. The Kier molecular flexibility index (Phi) is 3.28. The lowest BCUT2D eigenvalue weighted by atomic mass is 10.00. The molecule has 1 aliphatic heterocycles. The van der Waals surface area contributed by atoms with E-state index in [-0.39, 0.29) is 5.97 Å². The third-order valence-electron chi connectivity index (χ3n) is 2.63. The summed E-state index contributed by atoms with van der Waals surface area (Å²) in [6.45, 7) is 2.20. The zero-order valence-electron chi connectivity index (χ0n) is 10.0. The Balaban J connectivity index is 2.37. The Labute approximate surface area is 101 Å². The van der Waals surface area contributed by atoms with Crippen molar-refractivity contribution < 1.29 is 9.53 Å². The molecule has 0 unspecified atom stereocenters. The van der Waals surface area contributed by atoms with Crippen molar-refractivity contribution >= 4 is 17.2 Å². The van der Waals surface area contributed by atoms with Gasteiger partial charge in [-0.1, -0.05) is 18.2 Å². The van der Waals surface area contributed by atoms with Crippen LogP contribution in [0.5, 0.6) is 0 Å². The maximum Gasteiger partial charge on any atom is 0.331 e. The zero-order valence-corrected chi connectivity index (χ0v) is 10.0. The second-order valence-corrected chi connectivity index (χ2v) is 3.80. The van der Waals surface area contributed by atoms with Crippen LogP contribution in [0, 0.1) is 0 Å².